The van der Waals surface area contributed by atoms with Crippen LogP contribution in [0.25, 0.3) is 0 Å². The molecule has 2 aromatic heterocycles. The Kier molecular flexibility index (Phi) is 9.19. The maximum absolute atomic E-state index is 4.77. The van der Waals surface area contributed by atoms with E-state index in [4.69, 9.17) is 4.99 Å². The smallest absolute Gasteiger partial charge is 0.191 e. The van der Waals surface area contributed by atoms with Gasteiger partial charge in [-0.2, -0.15) is 5.10 Å². The summed E-state index contributed by atoms with van der Waals surface area (Å²) in [5.74, 6) is 1.90. The third-order valence-electron chi connectivity index (χ3n) is 5.35. The fraction of sp³-hybridized carbons (Fsp3) is 0.571. The van der Waals surface area contributed by atoms with Gasteiger partial charge in [0, 0.05) is 50.7 Å². The van der Waals surface area contributed by atoms with Crippen LogP contribution in [0.4, 0.5) is 5.82 Å². The quantitative estimate of drug-likeness (QED) is 0.354. The van der Waals surface area contributed by atoms with Crippen molar-refractivity contribution in [1.82, 2.24) is 25.4 Å². The number of nitrogens with one attached hydrogen (secondary N) is 2. The molecule has 0 saturated carbocycles. The summed E-state index contributed by atoms with van der Waals surface area (Å²) in [5, 5.41) is 11.3. The van der Waals surface area contributed by atoms with Gasteiger partial charge in [0.15, 0.2) is 5.96 Å². The summed E-state index contributed by atoms with van der Waals surface area (Å²) in [5.41, 5.74) is 4.65. The van der Waals surface area contributed by atoms with Gasteiger partial charge in [-0.1, -0.05) is 0 Å². The molecule has 0 bridgehead atoms. The van der Waals surface area contributed by atoms with Crippen LogP contribution in [0.5, 0.6) is 0 Å². The highest BCUT2D eigenvalue weighted by atomic mass is 127. The number of halogens is 1. The number of hydrogen-bond donors (Lipinski definition) is 2. The van der Waals surface area contributed by atoms with Crippen LogP contribution in [0.2, 0.25) is 0 Å². The summed E-state index contributed by atoms with van der Waals surface area (Å²) in [6.07, 6.45) is 5.74. The maximum Gasteiger partial charge on any atom is 0.191 e. The summed E-state index contributed by atoms with van der Waals surface area (Å²) in [7, 11) is 1.98. The van der Waals surface area contributed by atoms with Gasteiger partial charge in [-0.3, -0.25) is 4.68 Å². The molecule has 0 unspecified atom stereocenters. The minimum Gasteiger partial charge on any atom is -0.357 e. The Bertz CT molecular complexity index is 809. The summed E-state index contributed by atoms with van der Waals surface area (Å²) in [6.45, 7) is 10.6. The van der Waals surface area contributed by atoms with E-state index >= 15 is 0 Å². The van der Waals surface area contributed by atoms with E-state index < -0.39 is 0 Å². The molecule has 0 aromatic carbocycles. The summed E-state index contributed by atoms with van der Waals surface area (Å²) < 4.78 is 1.93. The van der Waals surface area contributed by atoms with Gasteiger partial charge in [0.1, 0.15) is 5.82 Å². The van der Waals surface area contributed by atoms with E-state index in [1.54, 1.807) is 0 Å². The number of hydrogen-bond acceptors (Lipinski definition) is 4. The van der Waals surface area contributed by atoms with E-state index in [2.05, 4.69) is 51.6 Å². The second-order valence-electron chi connectivity index (χ2n) is 7.39. The van der Waals surface area contributed by atoms with Crippen LogP contribution in [0, 0.1) is 13.8 Å². The highest BCUT2D eigenvalue weighted by Gasteiger charge is 2.12. The van der Waals surface area contributed by atoms with Crippen molar-refractivity contribution in [3.05, 3.63) is 40.8 Å². The molecule has 160 valence electrons. The van der Waals surface area contributed by atoms with Crippen LogP contribution in [0.15, 0.2) is 23.3 Å². The van der Waals surface area contributed by atoms with Gasteiger partial charge in [-0.25, -0.2) is 9.98 Å². The summed E-state index contributed by atoms with van der Waals surface area (Å²) >= 11 is 0. The Balaban J connectivity index is 0.00000300. The molecular weight excluding hydrogens is 477 g/mol. The van der Waals surface area contributed by atoms with Crippen molar-refractivity contribution in [2.45, 2.75) is 53.1 Å². The number of piperidine rings is 1. The number of guanidine groups is 1. The predicted molar refractivity (Wildman–Crippen MR) is 130 cm³/mol. The van der Waals surface area contributed by atoms with Crippen molar-refractivity contribution < 1.29 is 0 Å². The molecule has 3 rings (SSSR count). The van der Waals surface area contributed by atoms with Gasteiger partial charge >= 0.3 is 0 Å². The van der Waals surface area contributed by atoms with E-state index in [1.165, 1.54) is 36.1 Å². The fourth-order valence-electron chi connectivity index (χ4n) is 3.61. The molecule has 0 spiro atoms. The predicted octanol–water partition coefficient (Wildman–Crippen LogP) is 3.30. The lowest BCUT2D eigenvalue weighted by Gasteiger charge is -2.27. The zero-order chi connectivity index (χ0) is 19.9. The van der Waals surface area contributed by atoms with Crippen LogP contribution >= 0.6 is 24.0 Å². The standard InChI is InChI=1S/C21H33N7.HI/c1-5-22-21(25-15-19-16(2)26-27(4)17(19)3)24-14-18-9-10-23-20(13-18)28-11-7-6-8-12-28;/h9-10,13H,5-8,11-12,14-15H2,1-4H3,(H2,22,24,25);1H. The SMILES string of the molecule is CCNC(=NCc1ccnc(N2CCCCC2)c1)NCc1c(C)nn(C)c1C.I. The molecule has 1 aliphatic rings. The van der Waals surface area contributed by atoms with Crippen molar-refractivity contribution in [3.8, 4) is 0 Å². The number of aryl methyl sites for hydroxylation is 2. The third kappa shape index (κ3) is 6.32. The monoisotopic (exact) mass is 511 g/mol. The first-order chi connectivity index (χ1) is 13.6. The van der Waals surface area contributed by atoms with Crippen LogP contribution in [0.3, 0.4) is 0 Å². The van der Waals surface area contributed by atoms with Gasteiger partial charge in [-0.15, -0.1) is 24.0 Å². The number of rotatable bonds is 6. The van der Waals surface area contributed by atoms with Crippen molar-refractivity contribution in [2.75, 3.05) is 24.5 Å². The molecule has 2 aromatic rings. The van der Waals surface area contributed by atoms with Gasteiger partial charge in [0.25, 0.3) is 0 Å². The number of aromatic nitrogens is 3. The third-order valence-corrected chi connectivity index (χ3v) is 5.35. The number of pyridine rings is 1. The molecule has 7 nitrogen and oxygen atoms in total. The van der Waals surface area contributed by atoms with Gasteiger partial charge in [0.2, 0.25) is 0 Å². The fourth-order valence-corrected chi connectivity index (χ4v) is 3.61. The van der Waals surface area contributed by atoms with Crippen molar-refractivity contribution in [2.24, 2.45) is 12.0 Å². The highest BCUT2D eigenvalue weighted by Crippen LogP contribution is 2.18. The number of nitrogens with zero attached hydrogens (tertiary/aromatic N) is 5. The van der Waals surface area contributed by atoms with E-state index in [0.717, 1.165) is 37.1 Å². The topological polar surface area (TPSA) is 70.4 Å². The largest absolute Gasteiger partial charge is 0.357 e. The van der Waals surface area contributed by atoms with Crippen LogP contribution in [0.1, 0.15) is 48.7 Å². The van der Waals surface area contributed by atoms with Gasteiger partial charge < -0.3 is 15.5 Å². The second kappa shape index (κ2) is 11.4. The van der Waals surface area contributed by atoms with Crippen LogP contribution < -0.4 is 15.5 Å². The molecule has 1 saturated heterocycles. The van der Waals surface area contributed by atoms with Gasteiger partial charge in [-0.05, 0) is 57.7 Å². The molecule has 0 aliphatic carbocycles. The molecule has 1 fully saturated rings. The lowest BCUT2D eigenvalue weighted by molar-refractivity contribution is 0.573. The Morgan fingerprint density at radius 3 is 2.59 bits per heavy atom. The maximum atomic E-state index is 4.77. The molecule has 29 heavy (non-hydrogen) atoms. The Morgan fingerprint density at radius 2 is 1.93 bits per heavy atom. The molecule has 2 N–H and O–H groups in total. The lowest BCUT2D eigenvalue weighted by Crippen LogP contribution is -2.37. The Labute approximate surface area is 191 Å². The molecule has 1 aliphatic heterocycles. The first-order valence-electron chi connectivity index (χ1n) is 10.3. The van der Waals surface area contributed by atoms with Crippen LogP contribution in [-0.4, -0.2) is 40.4 Å². The molecule has 0 amide bonds. The van der Waals surface area contributed by atoms with Gasteiger partial charge in [0.05, 0.1) is 12.2 Å². The number of anilines is 1. The van der Waals surface area contributed by atoms with Crippen molar-refractivity contribution in [3.63, 3.8) is 0 Å². The summed E-state index contributed by atoms with van der Waals surface area (Å²) in [4.78, 5) is 11.7. The number of aliphatic imine (C=N–C) groups is 1. The van der Waals surface area contributed by atoms with Crippen molar-refractivity contribution in [1.29, 1.82) is 0 Å². The minimum absolute atomic E-state index is 0. The second-order valence-corrected chi connectivity index (χ2v) is 7.39. The normalized spacial score (nSPS) is 14.5. The average molecular weight is 511 g/mol. The first-order valence-corrected chi connectivity index (χ1v) is 10.3. The molecule has 0 atom stereocenters. The first kappa shape index (κ1) is 23.4. The van der Waals surface area contributed by atoms with E-state index in [9.17, 15) is 0 Å². The van der Waals surface area contributed by atoms with Crippen molar-refractivity contribution >= 4 is 35.8 Å². The van der Waals surface area contributed by atoms with E-state index in [0.29, 0.717) is 13.1 Å². The Morgan fingerprint density at radius 1 is 1.17 bits per heavy atom. The molecular formula is C21H34IN7. The zero-order valence-corrected chi connectivity index (χ0v) is 20.4. The van der Waals surface area contributed by atoms with Crippen LogP contribution in [-0.2, 0) is 20.1 Å². The minimum atomic E-state index is 0. The average Bonchev–Trinajstić information content (AvgIpc) is 2.96. The zero-order valence-electron chi connectivity index (χ0n) is 18.0. The molecule has 8 heteroatoms. The molecule has 0 radical (unpaired) electrons. The van der Waals surface area contributed by atoms with E-state index in [1.807, 2.05) is 24.9 Å². The highest BCUT2D eigenvalue weighted by molar-refractivity contribution is 14.0. The summed E-state index contributed by atoms with van der Waals surface area (Å²) in [6, 6.07) is 4.23. The molecule has 3 heterocycles. The lowest BCUT2D eigenvalue weighted by atomic mass is 10.1. The van der Waals surface area contributed by atoms with E-state index in [-0.39, 0.29) is 24.0 Å². The Hall–Kier alpha value is -1.84.